The molecule has 98 valence electrons. The Morgan fingerprint density at radius 3 is 2.50 bits per heavy atom. The summed E-state index contributed by atoms with van der Waals surface area (Å²) in [4.78, 5) is 0. The van der Waals surface area contributed by atoms with Gasteiger partial charge in [0.2, 0.25) is 0 Å². The van der Waals surface area contributed by atoms with E-state index in [2.05, 4.69) is 0 Å². The van der Waals surface area contributed by atoms with E-state index in [1.807, 2.05) is 30.3 Å². The summed E-state index contributed by atoms with van der Waals surface area (Å²) in [5.41, 5.74) is 0.966. The predicted octanol–water partition coefficient (Wildman–Crippen LogP) is 2.52. The van der Waals surface area contributed by atoms with E-state index < -0.39 is 12.3 Å². The maximum Gasteiger partial charge on any atom is 0.457 e. The molecule has 0 radical (unpaired) electrons. The molecular formula is C13H13F3O2. The molecule has 1 unspecified atom stereocenters. The molecule has 0 saturated carbocycles. The first kappa shape index (κ1) is 14.6. The summed E-state index contributed by atoms with van der Waals surface area (Å²) in [5.74, 6) is 2.75. The molecule has 1 N–H and O–H groups in total. The van der Waals surface area contributed by atoms with Crippen molar-refractivity contribution >= 4 is 0 Å². The second-order valence-electron chi connectivity index (χ2n) is 3.61. The van der Waals surface area contributed by atoms with Crippen LogP contribution in [0.3, 0.4) is 0 Å². The quantitative estimate of drug-likeness (QED) is 0.649. The van der Waals surface area contributed by atoms with E-state index in [1.54, 1.807) is 5.92 Å². The highest BCUT2D eigenvalue weighted by Crippen LogP contribution is 2.12. The lowest BCUT2D eigenvalue weighted by Crippen LogP contribution is -2.10. The average Bonchev–Trinajstić information content (AvgIpc) is 2.33. The molecule has 0 aliphatic heterocycles. The number of aliphatic hydroxyl groups excluding tert-OH is 1. The van der Waals surface area contributed by atoms with Gasteiger partial charge in [0, 0.05) is 12.3 Å². The molecule has 0 aliphatic carbocycles. The summed E-state index contributed by atoms with van der Waals surface area (Å²) in [7, 11) is 0. The molecule has 2 nitrogen and oxygen atoms in total. The van der Waals surface area contributed by atoms with Gasteiger partial charge < -0.3 is 9.84 Å². The van der Waals surface area contributed by atoms with Gasteiger partial charge in [-0.15, -0.1) is 0 Å². The molecule has 1 aromatic rings. The van der Waals surface area contributed by atoms with E-state index >= 15 is 0 Å². The Bertz CT molecular complexity index is 404. The summed E-state index contributed by atoms with van der Waals surface area (Å²) < 4.78 is 40.3. The average molecular weight is 258 g/mol. The highest BCUT2D eigenvalue weighted by atomic mass is 19.4. The number of halogens is 3. The van der Waals surface area contributed by atoms with Crippen molar-refractivity contribution < 1.29 is 23.0 Å². The van der Waals surface area contributed by atoms with Crippen molar-refractivity contribution in [2.24, 2.45) is 0 Å². The Morgan fingerprint density at radius 1 is 1.22 bits per heavy atom. The molecule has 1 atom stereocenters. The van der Waals surface area contributed by atoms with Crippen LogP contribution in [0.4, 0.5) is 13.2 Å². The molecule has 0 aliphatic rings. The van der Waals surface area contributed by atoms with E-state index in [1.165, 1.54) is 0 Å². The third-order valence-corrected chi connectivity index (χ3v) is 2.03. The molecule has 0 fully saturated rings. The van der Waals surface area contributed by atoms with E-state index in [0.717, 1.165) is 11.5 Å². The molecule has 0 bridgehead atoms. The fourth-order valence-electron chi connectivity index (χ4n) is 1.20. The summed E-state index contributed by atoms with van der Waals surface area (Å²) >= 11 is 0. The smallest absolute Gasteiger partial charge is 0.380 e. The van der Waals surface area contributed by atoms with Gasteiger partial charge in [-0.2, -0.15) is 13.2 Å². The number of ether oxygens (including phenoxy) is 1. The zero-order chi connectivity index (χ0) is 13.4. The van der Waals surface area contributed by atoms with E-state index in [4.69, 9.17) is 9.84 Å². The second-order valence-corrected chi connectivity index (χ2v) is 3.61. The van der Waals surface area contributed by atoms with Gasteiger partial charge in [0.15, 0.2) is 0 Å². The van der Waals surface area contributed by atoms with Crippen molar-refractivity contribution in [2.45, 2.75) is 25.3 Å². The lowest BCUT2D eigenvalue weighted by Gasteiger charge is -2.05. The molecule has 1 rings (SSSR count). The van der Waals surface area contributed by atoms with Crippen molar-refractivity contribution in [1.82, 2.24) is 0 Å². The molecule has 5 heteroatoms. The monoisotopic (exact) mass is 258 g/mol. The Kier molecular flexibility index (Phi) is 5.69. The highest BCUT2D eigenvalue weighted by molar-refractivity contribution is 5.13. The molecule has 0 amide bonds. The minimum absolute atomic E-state index is 0.0515. The van der Waals surface area contributed by atoms with Crippen molar-refractivity contribution in [2.75, 3.05) is 6.61 Å². The van der Waals surface area contributed by atoms with Crippen LogP contribution in [0.1, 0.15) is 12.0 Å². The van der Waals surface area contributed by atoms with E-state index in [0.29, 0.717) is 6.61 Å². The lowest BCUT2D eigenvalue weighted by molar-refractivity contribution is -0.0700. The van der Waals surface area contributed by atoms with Gasteiger partial charge in [-0.3, -0.25) is 0 Å². The number of aliphatic hydroxyl groups is 1. The van der Waals surface area contributed by atoms with Crippen LogP contribution in [-0.4, -0.2) is 24.0 Å². The largest absolute Gasteiger partial charge is 0.457 e. The summed E-state index contributed by atoms with van der Waals surface area (Å²) in [6.07, 6.45) is -5.83. The Labute approximate surface area is 103 Å². The van der Waals surface area contributed by atoms with Crippen LogP contribution in [-0.2, 0) is 11.3 Å². The van der Waals surface area contributed by atoms with Gasteiger partial charge in [-0.1, -0.05) is 36.3 Å². The summed E-state index contributed by atoms with van der Waals surface area (Å²) in [6, 6.07) is 9.35. The van der Waals surface area contributed by atoms with E-state index in [9.17, 15) is 13.2 Å². The molecule has 0 saturated heterocycles. The number of hydrogen-bond acceptors (Lipinski definition) is 2. The van der Waals surface area contributed by atoms with Crippen LogP contribution in [0, 0.1) is 11.8 Å². The number of hydrogen-bond donors (Lipinski definition) is 1. The van der Waals surface area contributed by atoms with Gasteiger partial charge >= 0.3 is 6.18 Å². The topological polar surface area (TPSA) is 29.5 Å². The van der Waals surface area contributed by atoms with Crippen LogP contribution >= 0.6 is 0 Å². The van der Waals surface area contributed by atoms with Crippen molar-refractivity contribution in [3.05, 3.63) is 35.9 Å². The Morgan fingerprint density at radius 2 is 1.89 bits per heavy atom. The predicted molar refractivity (Wildman–Crippen MR) is 60.6 cm³/mol. The zero-order valence-electron chi connectivity index (χ0n) is 9.57. The first-order valence-corrected chi connectivity index (χ1v) is 5.36. The first-order valence-electron chi connectivity index (χ1n) is 5.36. The van der Waals surface area contributed by atoms with Crippen molar-refractivity contribution in [1.29, 1.82) is 0 Å². The van der Waals surface area contributed by atoms with Crippen LogP contribution < -0.4 is 0 Å². The van der Waals surface area contributed by atoms with Crippen molar-refractivity contribution in [3.63, 3.8) is 0 Å². The van der Waals surface area contributed by atoms with Gasteiger partial charge in [0.25, 0.3) is 0 Å². The van der Waals surface area contributed by atoms with Crippen LogP contribution in [0.25, 0.3) is 0 Å². The molecule has 0 spiro atoms. The molecule has 0 aromatic heterocycles. The molecular weight excluding hydrogens is 245 g/mol. The SMILES string of the molecule is OC(C#CC(F)(F)F)CCOCc1ccccc1. The highest BCUT2D eigenvalue weighted by Gasteiger charge is 2.23. The molecule has 0 heterocycles. The maximum atomic E-state index is 11.7. The van der Waals surface area contributed by atoms with Crippen LogP contribution in [0.2, 0.25) is 0 Å². The minimum Gasteiger partial charge on any atom is -0.380 e. The lowest BCUT2D eigenvalue weighted by atomic mass is 10.2. The van der Waals surface area contributed by atoms with Crippen LogP contribution in [0.15, 0.2) is 30.3 Å². The van der Waals surface area contributed by atoms with Gasteiger partial charge in [0.05, 0.1) is 13.2 Å². The normalized spacial score (nSPS) is 12.7. The second kappa shape index (κ2) is 7.04. The van der Waals surface area contributed by atoms with Crippen LogP contribution in [0.5, 0.6) is 0 Å². The Hall–Kier alpha value is -1.51. The van der Waals surface area contributed by atoms with E-state index in [-0.39, 0.29) is 13.0 Å². The first-order chi connectivity index (χ1) is 8.47. The van der Waals surface area contributed by atoms with Gasteiger partial charge in [0.1, 0.15) is 6.10 Å². The zero-order valence-corrected chi connectivity index (χ0v) is 9.57. The fraction of sp³-hybridized carbons (Fsp3) is 0.385. The molecule has 1 aromatic carbocycles. The fourth-order valence-corrected chi connectivity index (χ4v) is 1.20. The summed E-state index contributed by atoms with van der Waals surface area (Å²) in [5, 5.41) is 9.16. The van der Waals surface area contributed by atoms with Crippen molar-refractivity contribution in [3.8, 4) is 11.8 Å². The standard InChI is InChI=1S/C13H13F3O2/c14-13(15,16)8-6-12(17)7-9-18-10-11-4-2-1-3-5-11/h1-5,12,17H,7,9-10H2. The summed E-state index contributed by atoms with van der Waals surface area (Å²) in [6.45, 7) is 0.517. The molecule has 18 heavy (non-hydrogen) atoms. The number of benzene rings is 1. The number of alkyl halides is 3. The Balaban J connectivity index is 2.20. The third-order valence-electron chi connectivity index (χ3n) is 2.03. The van der Waals surface area contributed by atoms with Gasteiger partial charge in [-0.05, 0) is 5.56 Å². The third kappa shape index (κ3) is 6.94. The maximum absolute atomic E-state index is 11.7. The van der Waals surface area contributed by atoms with Gasteiger partial charge in [-0.25, -0.2) is 0 Å². The number of rotatable bonds is 5. The minimum atomic E-state index is -4.56.